The Labute approximate surface area is 139 Å². The first-order chi connectivity index (χ1) is 10.3. The molecule has 22 heavy (non-hydrogen) atoms. The van der Waals surface area contributed by atoms with Gasteiger partial charge in [-0.2, -0.15) is 0 Å². The van der Waals surface area contributed by atoms with Crippen molar-refractivity contribution in [2.24, 2.45) is 0 Å². The molecule has 1 unspecified atom stereocenters. The van der Waals surface area contributed by atoms with Crippen molar-refractivity contribution < 1.29 is 14.3 Å². The summed E-state index contributed by atoms with van der Waals surface area (Å²) >= 11 is 1.45. The molecule has 3 rings (SSSR count). The summed E-state index contributed by atoms with van der Waals surface area (Å²) in [5.74, 6) is 0.0955. The third kappa shape index (κ3) is 3.78. The van der Waals surface area contributed by atoms with Gasteiger partial charge < -0.3 is 19.9 Å². The lowest BCUT2D eigenvalue weighted by atomic mass is 10.2. The Kier molecular flexibility index (Phi) is 6.19. The first-order valence-electron chi connectivity index (χ1n) is 7.19. The lowest BCUT2D eigenvalue weighted by molar-refractivity contribution is -0.146. The summed E-state index contributed by atoms with van der Waals surface area (Å²) in [4.78, 5) is 28.9. The first-order valence-corrected chi connectivity index (χ1v) is 8.07. The maximum Gasteiger partial charge on any atom is 0.264 e. The van der Waals surface area contributed by atoms with Gasteiger partial charge in [0.15, 0.2) is 0 Å². The van der Waals surface area contributed by atoms with Crippen LogP contribution in [-0.2, 0) is 9.53 Å². The molecule has 1 N–H and O–H groups in total. The van der Waals surface area contributed by atoms with Crippen molar-refractivity contribution in [2.45, 2.75) is 6.10 Å². The average Bonchev–Trinajstić information content (AvgIpc) is 3.09. The van der Waals surface area contributed by atoms with Crippen LogP contribution in [0.2, 0.25) is 0 Å². The standard InChI is InChI=1S/C14H19N3O3S.ClH/c18-13(11-10-15-3-8-20-11)16-4-6-17(7-5-16)14(19)12-2-1-9-21-12;/h1-2,9,11,15H,3-8,10H2;1H. The summed E-state index contributed by atoms with van der Waals surface area (Å²) in [6.45, 7) is 4.28. The minimum Gasteiger partial charge on any atom is -0.366 e. The number of piperazine rings is 1. The van der Waals surface area contributed by atoms with Crippen molar-refractivity contribution in [3.8, 4) is 0 Å². The lowest BCUT2D eigenvalue weighted by Gasteiger charge is -2.36. The van der Waals surface area contributed by atoms with Crippen LogP contribution in [0.4, 0.5) is 0 Å². The summed E-state index contributed by atoms with van der Waals surface area (Å²) in [5, 5.41) is 5.07. The molecule has 0 aromatic carbocycles. The van der Waals surface area contributed by atoms with Gasteiger partial charge in [0.1, 0.15) is 6.10 Å². The number of thiophene rings is 1. The molecule has 0 aliphatic carbocycles. The van der Waals surface area contributed by atoms with Crippen molar-refractivity contribution in [3.05, 3.63) is 22.4 Å². The van der Waals surface area contributed by atoms with E-state index in [-0.39, 0.29) is 30.3 Å². The van der Waals surface area contributed by atoms with Gasteiger partial charge in [-0.25, -0.2) is 0 Å². The number of hydrogen-bond donors (Lipinski definition) is 1. The van der Waals surface area contributed by atoms with Gasteiger partial charge >= 0.3 is 0 Å². The number of carbonyl (C=O) groups is 2. The van der Waals surface area contributed by atoms with Crippen LogP contribution in [0, 0.1) is 0 Å². The summed E-state index contributed by atoms with van der Waals surface area (Å²) in [6.07, 6.45) is -0.377. The highest BCUT2D eigenvalue weighted by atomic mass is 35.5. The molecule has 122 valence electrons. The molecule has 2 saturated heterocycles. The van der Waals surface area contributed by atoms with Crippen LogP contribution in [-0.4, -0.2) is 73.6 Å². The second kappa shape index (κ2) is 7.92. The zero-order chi connectivity index (χ0) is 14.7. The molecule has 1 atom stereocenters. The molecule has 2 aliphatic rings. The second-order valence-corrected chi connectivity index (χ2v) is 6.11. The number of ether oxygens (including phenoxy) is 1. The van der Waals surface area contributed by atoms with E-state index in [1.54, 1.807) is 4.90 Å². The van der Waals surface area contributed by atoms with E-state index in [1.165, 1.54) is 11.3 Å². The number of rotatable bonds is 2. The molecule has 0 radical (unpaired) electrons. The maximum atomic E-state index is 12.3. The Morgan fingerprint density at radius 3 is 2.55 bits per heavy atom. The Balaban J connectivity index is 0.00000176. The third-order valence-corrected chi connectivity index (χ3v) is 4.67. The Morgan fingerprint density at radius 2 is 1.95 bits per heavy atom. The van der Waals surface area contributed by atoms with Gasteiger partial charge in [-0.15, -0.1) is 23.7 Å². The zero-order valence-corrected chi connectivity index (χ0v) is 13.8. The summed E-state index contributed by atoms with van der Waals surface area (Å²) in [7, 11) is 0. The minimum atomic E-state index is -0.377. The number of halogens is 1. The fourth-order valence-electron chi connectivity index (χ4n) is 2.61. The van der Waals surface area contributed by atoms with Gasteiger partial charge in [0.2, 0.25) is 0 Å². The fraction of sp³-hybridized carbons (Fsp3) is 0.571. The number of nitrogens with one attached hydrogen (secondary N) is 1. The predicted octanol–water partition coefficient (Wildman–Crippen LogP) is 0.443. The summed E-state index contributed by atoms with van der Waals surface area (Å²) in [5.41, 5.74) is 0. The maximum absolute atomic E-state index is 12.3. The van der Waals surface area contributed by atoms with Crippen LogP contribution in [0.3, 0.4) is 0 Å². The predicted molar refractivity (Wildman–Crippen MR) is 86.7 cm³/mol. The fourth-order valence-corrected chi connectivity index (χ4v) is 3.30. The number of carbonyl (C=O) groups excluding carboxylic acids is 2. The Hall–Kier alpha value is -1.15. The third-order valence-electron chi connectivity index (χ3n) is 3.81. The van der Waals surface area contributed by atoms with Crippen LogP contribution in [0.25, 0.3) is 0 Å². The smallest absolute Gasteiger partial charge is 0.264 e. The van der Waals surface area contributed by atoms with Crippen molar-refractivity contribution in [2.75, 3.05) is 45.9 Å². The number of amides is 2. The SMILES string of the molecule is Cl.O=C(c1cccs1)N1CCN(C(=O)C2CNCCO2)CC1. The van der Waals surface area contributed by atoms with Crippen LogP contribution in [0.15, 0.2) is 17.5 Å². The van der Waals surface area contributed by atoms with E-state index in [4.69, 9.17) is 4.74 Å². The average molecular weight is 346 g/mol. The van der Waals surface area contributed by atoms with E-state index in [0.717, 1.165) is 11.4 Å². The Morgan fingerprint density at radius 1 is 1.23 bits per heavy atom. The van der Waals surface area contributed by atoms with Crippen molar-refractivity contribution in [3.63, 3.8) is 0 Å². The molecule has 2 fully saturated rings. The van der Waals surface area contributed by atoms with Crippen LogP contribution in [0.5, 0.6) is 0 Å². The van der Waals surface area contributed by atoms with Crippen LogP contribution >= 0.6 is 23.7 Å². The number of hydrogen-bond acceptors (Lipinski definition) is 5. The van der Waals surface area contributed by atoms with Gasteiger partial charge in [-0.1, -0.05) is 6.07 Å². The summed E-state index contributed by atoms with van der Waals surface area (Å²) < 4.78 is 5.49. The van der Waals surface area contributed by atoms with Gasteiger partial charge in [0.05, 0.1) is 11.5 Å². The molecular formula is C14H20ClN3O3S. The van der Waals surface area contributed by atoms with Gasteiger partial charge in [-0.3, -0.25) is 9.59 Å². The van der Waals surface area contributed by atoms with Gasteiger partial charge in [0.25, 0.3) is 11.8 Å². The Bertz CT molecular complexity index is 497. The molecule has 0 bridgehead atoms. The van der Waals surface area contributed by atoms with Gasteiger partial charge in [0, 0.05) is 39.3 Å². The van der Waals surface area contributed by atoms with Gasteiger partial charge in [-0.05, 0) is 11.4 Å². The van der Waals surface area contributed by atoms with E-state index >= 15 is 0 Å². The van der Waals surface area contributed by atoms with Crippen molar-refractivity contribution >= 4 is 35.6 Å². The quantitative estimate of drug-likeness (QED) is 0.845. The van der Waals surface area contributed by atoms with Crippen molar-refractivity contribution in [1.82, 2.24) is 15.1 Å². The van der Waals surface area contributed by atoms with E-state index in [9.17, 15) is 9.59 Å². The summed E-state index contributed by atoms with van der Waals surface area (Å²) in [6, 6.07) is 3.72. The zero-order valence-electron chi connectivity index (χ0n) is 12.2. The van der Waals surface area contributed by atoms with E-state index in [2.05, 4.69) is 5.32 Å². The van der Waals surface area contributed by atoms with E-state index < -0.39 is 0 Å². The minimum absolute atomic E-state index is 0. The highest BCUT2D eigenvalue weighted by Crippen LogP contribution is 2.14. The molecule has 0 saturated carbocycles. The topological polar surface area (TPSA) is 61.9 Å². The normalized spacial score (nSPS) is 22.1. The highest BCUT2D eigenvalue weighted by molar-refractivity contribution is 7.12. The molecule has 2 aliphatic heterocycles. The second-order valence-electron chi connectivity index (χ2n) is 5.16. The molecule has 1 aromatic rings. The molecule has 8 heteroatoms. The van der Waals surface area contributed by atoms with Crippen LogP contribution in [0.1, 0.15) is 9.67 Å². The lowest BCUT2D eigenvalue weighted by Crippen LogP contribution is -2.55. The monoisotopic (exact) mass is 345 g/mol. The molecule has 2 amide bonds. The number of nitrogens with zero attached hydrogens (tertiary/aromatic N) is 2. The molecule has 1 aromatic heterocycles. The van der Waals surface area contributed by atoms with E-state index in [0.29, 0.717) is 39.3 Å². The van der Waals surface area contributed by atoms with Crippen molar-refractivity contribution in [1.29, 1.82) is 0 Å². The molecular weight excluding hydrogens is 326 g/mol. The van der Waals surface area contributed by atoms with E-state index in [1.807, 2.05) is 22.4 Å². The highest BCUT2D eigenvalue weighted by Gasteiger charge is 2.30. The molecule has 0 spiro atoms. The number of morpholine rings is 1. The molecule has 3 heterocycles. The largest absolute Gasteiger partial charge is 0.366 e. The first kappa shape index (κ1) is 17.2. The van der Waals surface area contributed by atoms with Crippen LogP contribution < -0.4 is 5.32 Å². The molecule has 6 nitrogen and oxygen atoms in total.